The molecule has 4 nitrogen and oxygen atoms in total. The second-order valence-corrected chi connectivity index (χ2v) is 8.66. The standard InChI is InChI=1S/C19H30N2O2/c1-18(2)13-19(23-14-18)8-6-15(7-9-19)16-11-20-21(12-16)17-5-3-4-10-22-17/h11-12,15,17H,3-10,13-14H2,1-2H3. The van der Waals surface area contributed by atoms with Crippen LogP contribution in [-0.4, -0.2) is 28.6 Å². The Labute approximate surface area is 139 Å². The van der Waals surface area contributed by atoms with Crippen molar-refractivity contribution in [3.63, 3.8) is 0 Å². The highest BCUT2D eigenvalue weighted by Crippen LogP contribution is 2.49. The molecule has 1 unspecified atom stereocenters. The van der Waals surface area contributed by atoms with Crippen LogP contribution in [0, 0.1) is 5.41 Å². The van der Waals surface area contributed by atoms with E-state index in [-0.39, 0.29) is 11.8 Å². The number of aromatic nitrogens is 2. The van der Waals surface area contributed by atoms with Crippen molar-refractivity contribution in [1.29, 1.82) is 0 Å². The Morgan fingerprint density at radius 2 is 2.00 bits per heavy atom. The molecular weight excluding hydrogens is 288 g/mol. The van der Waals surface area contributed by atoms with E-state index in [1.807, 2.05) is 4.68 Å². The molecule has 1 aromatic heterocycles. The van der Waals surface area contributed by atoms with E-state index in [9.17, 15) is 0 Å². The van der Waals surface area contributed by atoms with Gasteiger partial charge in [0.15, 0.2) is 0 Å². The Morgan fingerprint density at radius 1 is 1.17 bits per heavy atom. The first-order chi connectivity index (χ1) is 11.1. The monoisotopic (exact) mass is 318 g/mol. The Morgan fingerprint density at radius 3 is 2.65 bits per heavy atom. The highest BCUT2D eigenvalue weighted by molar-refractivity contribution is 5.14. The minimum absolute atomic E-state index is 0.159. The second-order valence-electron chi connectivity index (χ2n) is 8.66. The lowest BCUT2D eigenvalue weighted by molar-refractivity contribution is -0.0397. The van der Waals surface area contributed by atoms with E-state index in [1.54, 1.807) is 0 Å². The number of nitrogens with zero attached hydrogens (tertiary/aromatic N) is 2. The molecule has 3 aliphatic rings. The molecule has 0 radical (unpaired) electrons. The molecule has 3 fully saturated rings. The van der Waals surface area contributed by atoms with Gasteiger partial charge in [0, 0.05) is 12.8 Å². The summed E-state index contributed by atoms with van der Waals surface area (Å²) in [5.74, 6) is 0.644. The molecule has 128 valence electrons. The smallest absolute Gasteiger partial charge is 0.150 e. The molecule has 0 bridgehead atoms. The van der Waals surface area contributed by atoms with Gasteiger partial charge in [-0.05, 0) is 68.3 Å². The van der Waals surface area contributed by atoms with Gasteiger partial charge < -0.3 is 9.47 Å². The fourth-order valence-corrected chi connectivity index (χ4v) is 4.77. The van der Waals surface area contributed by atoms with Crippen LogP contribution in [0.1, 0.15) is 82.9 Å². The summed E-state index contributed by atoms with van der Waals surface area (Å²) in [6, 6.07) is 0. The molecule has 1 aromatic rings. The zero-order valence-corrected chi connectivity index (χ0v) is 14.6. The van der Waals surface area contributed by atoms with Crippen molar-refractivity contribution in [1.82, 2.24) is 9.78 Å². The Bertz CT molecular complexity index is 537. The summed E-state index contributed by atoms with van der Waals surface area (Å²) < 4.78 is 14.1. The van der Waals surface area contributed by atoms with Crippen molar-refractivity contribution in [2.45, 2.75) is 83.0 Å². The molecule has 3 heterocycles. The van der Waals surface area contributed by atoms with Crippen molar-refractivity contribution < 1.29 is 9.47 Å². The SMILES string of the molecule is CC1(C)COC2(CCC(c3cnn(C4CCCCO4)c3)CC2)C1. The van der Waals surface area contributed by atoms with Gasteiger partial charge in [0.25, 0.3) is 0 Å². The lowest BCUT2D eigenvalue weighted by atomic mass is 9.72. The van der Waals surface area contributed by atoms with Gasteiger partial charge in [-0.25, -0.2) is 4.68 Å². The van der Waals surface area contributed by atoms with Gasteiger partial charge in [-0.1, -0.05) is 13.8 Å². The van der Waals surface area contributed by atoms with Gasteiger partial charge in [0.05, 0.1) is 18.4 Å². The quantitative estimate of drug-likeness (QED) is 0.809. The molecule has 1 aliphatic carbocycles. The summed E-state index contributed by atoms with van der Waals surface area (Å²) in [5, 5.41) is 4.59. The fraction of sp³-hybridized carbons (Fsp3) is 0.842. The van der Waals surface area contributed by atoms with E-state index in [0.717, 1.165) is 19.6 Å². The zero-order chi connectivity index (χ0) is 15.9. The van der Waals surface area contributed by atoms with Crippen LogP contribution in [0.3, 0.4) is 0 Å². The maximum absolute atomic E-state index is 6.24. The lowest BCUT2D eigenvalue weighted by Gasteiger charge is -2.37. The van der Waals surface area contributed by atoms with Gasteiger partial charge in [-0.15, -0.1) is 0 Å². The van der Waals surface area contributed by atoms with Crippen LogP contribution >= 0.6 is 0 Å². The van der Waals surface area contributed by atoms with Crippen LogP contribution < -0.4 is 0 Å². The normalized spacial score (nSPS) is 37.3. The third kappa shape index (κ3) is 3.20. The van der Waals surface area contributed by atoms with E-state index in [0.29, 0.717) is 11.3 Å². The first kappa shape index (κ1) is 15.6. The second kappa shape index (κ2) is 5.89. The van der Waals surface area contributed by atoms with Crippen molar-refractivity contribution in [2.75, 3.05) is 13.2 Å². The van der Waals surface area contributed by atoms with E-state index in [1.165, 1.54) is 50.5 Å². The number of hydrogen-bond acceptors (Lipinski definition) is 3. The molecular formula is C19H30N2O2. The van der Waals surface area contributed by atoms with E-state index in [4.69, 9.17) is 9.47 Å². The molecule has 2 saturated heterocycles. The van der Waals surface area contributed by atoms with Crippen LogP contribution in [0.2, 0.25) is 0 Å². The average Bonchev–Trinajstić information content (AvgIpc) is 3.15. The maximum Gasteiger partial charge on any atom is 0.150 e. The minimum atomic E-state index is 0.159. The fourth-order valence-electron chi connectivity index (χ4n) is 4.77. The minimum Gasteiger partial charge on any atom is -0.374 e. The molecule has 0 amide bonds. The first-order valence-corrected chi connectivity index (χ1v) is 9.35. The third-order valence-corrected chi connectivity index (χ3v) is 6.01. The van der Waals surface area contributed by atoms with E-state index >= 15 is 0 Å². The summed E-state index contributed by atoms with van der Waals surface area (Å²) in [5.41, 5.74) is 1.92. The van der Waals surface area contributed by atoms with E-state index in [2.05, 4.69) is 31.3 Å². The molecule has 1 spiro atoms. The summed E-state index contributed by atoms with van der Waals surface area (Å²) in [7, 11) is 0. The van der Waals surface area contributed by atoms with Crippen LogP contribution in [0.4, 0.5) is 0 Å². The van der Waals surface area contributed by atoms with Gasteiger partial charge in [0.2, 0.25) is 0 Å². The molecule has 2 aliphatic heterocycles. The molecule has 1 atom stereocenters. The molecule has 0 aromatic carbocycles. The average molecular weight is 318 g/mol. The molecule has 1 saturated carbocycles. The van der Waals surface area contributed by atoms with Crippen LogP contribution in [0.15, 0.2) is 12.4 Å². The molecule has 4 rings (SSSR count). The highest BCUT2D eigenvalue weighted by Gasteiger charge is 2.46. The predicted molar refractivity (Wildman–Crippen MR) is 89.4 cm³/mol. The summed E-state index contributed by atoms with van der Waals surface area (Å²) in [4.78, 5) is 0. The maximum atomic E-state index is 6.24. The van der Waals surface area contributed by atoms with Gasteiger partial charge in [0.1, 0.15) is 6.23 Å². The summed E-state index contributed by atoms with van der Waals surface area (Å²) in [6.45, 7) is 6.47. The van der Waals surface area contributed by atoms with Gasteiger partial charge in [-0.2, -0.15) is 5.10 Å². The van der Waals surface area contributed by atoms with Crippen molar-refractivity contribution in [3.05, 3.63) is 18.0 Å². The van der Waals surface area contributed by atoms with Gasteiger partial charge >= 0.3 is 0 Å². The predicted octanol–water partition coefficient (Wildman–Crippen LogP) is 4.43. The summed E-state index contributed by atoms with van der Waals surface area (Å²) >= 11 is 0. The van der Waals surface area contributed by atoms with E-state index < -0.39 is 0 Å². The highest BCUT2D eigenvalue weighted by atomic mass is 16.5. The van der Waals surface area contributed by atoms with Crippen molar-refractivity contribution >= 4 is 0 Å². The first-order valence-electron chi connectivity index (χ1n) is 9.35. The van der Waals surface area contributed by atoms with Crippen LogP contribution in [0.25, 0.3) is 0 Å². The number of ether oxygens (including phenoxy) is 2. The molecule has 23 heavy (non-hydrogen) atoms. The molecule has 0 N–H and O–H groups in total. The molecule has 4 heteroatoms. The largest absolute Gasteiger partial charge is 0.374 e. The van der Waals surface area contributed by atoms with Crippen LogP contribution in [-0.2, 0) is 9.47 Å². The Hall–Kier alpha value is -0.870. The Kier molecular flexibility index (Phi) is 4.01. The lowest BCUT2D eigenvalue weighted by Crippen LogP contribution is -2.33. The topological polar surface area (TPSA) is 36.3 Å². The van der Waals surface area contributed by atoms with Gasteiger partial charge in [-0.3, -0.25) is 0 Å². The summed E-state index contributed by atoms with van der Waals surface area (Å²) in [6.07, 6.45) is 14.1. The van der Waals surface area contributed by atoms with Crippen molar-refractivity contribution in [3.8, 4) is 0 Å². The third-order valence-electron chi connectivity index (χ3n) is 6.01. The number of hydrogen-bond donors (Lipinski definition) is 0. The Balaban J connectivity index is 1.38. The zero-order valence-electron chi connectivity index (χ0n) is 14.6. The van der Waals surface area contributed by atoms with Crippen molar-refractivity contribution in [2.24, 2.45) is 5.41 Å². The van der Waals surface area contributed by atoms with Crippen LogP contribution in [0.5, 0.6) is 0 Å². The number of rotatable bonds is 2.